The average Bonchev–Trinajstić information content (AvgIpc) is 3.14. The highest BCUT2D eigenvalue weighted by molar-refractivity contribution is 5.92. The lowest BCUT2D eigenvalue weighted by atomic mass is 10.1. The maximum atomic E-state index is 12.3. The van der Waals surface area contributed by atoms with Crippen molar-refractivity contribution in [2.75, 3.05) is 6.61 Å². The number of carbonyl (C=O) groups excluding carboxylic acids is 1. The number of carbonyl (C=O) groups is 1. The SMILES string of the molecule is C[C@H](CO)[C@@H](C)NC(=O)c1cc(C2CC2)n(C(C)(C)C)n1. The van der Waals surface area contributed by atoms with Crippen LogP contribution in [0.3, 0.4) is 0 Å². The van der Waals surface area contributed by atoms with Crippen LogP contribution in [0.1, 0.15) is 69.6 Å². The molecular formula is C16H27N3O2. The van der Waals surface area contributed by atoms with E-state index in [9.17, 15) is 4.79 Å². The van der Waals surface area contributed by atoms with E-state index >= 15 is 0 Å². The third-order valence-corrected chi connectivity index (χ3v) is 4.10. The molecule has 1 aliphatic carbocycles. The minimum absolute atomic E-state index is 0.0292. The first-order chi connectivity index (χ1) is 9.74. The van der Waals surface area contributed by atoms with Crippen molar-refractivity contribution < 1.29 is 9.90 Å². The molecule has 1 aliphatic rings. The Morgan fingerprint density at radius 1 is 1.48 bits per heavy atom. The lowest BCUT2D eigenvalue weighted by molar-refractivity contribution is 0.0909. The van der Waals surface area contributed by atoms with Crippen LogP contribution in [0.25, 0.3) is 0 Å². The van der Waals surface area contributed by atoms with Crippen LogP contribution in [0.4, 0.5) is 0 Å². The van der Waals surface area contributed by atoms with E-state index in [1.807, 2.05) is 24.6 Å². The second-order valence-corrected chi connectivity index (χ2v) is 7.23. The van der Waals surface area contributed by atoms with Gasteiger partial charge in [-0.25, -0.2) is 0 Å². The zero-order chi connectivity index (χ0) is 15.8. The number of nitrogens with zero attached hydrogens (tertiary/aromatic N) is 2. The molecule has 0 saturated heterocycles. The molecular weight excluding hydrogens is 266 g/mol. The second kappa shape index (κ2) is 5.79. The zero-order valence-electron chi connectivity index (χ0n) is 13.7. The molecule has 0 radical (unpaired) electrons. The summed E-state index contributed by atoms with van der Waals surface area (Å²) in [5.74, 6) is 0.418. The highest BCUT2D eigenvalue weighted by atomic mass is 16.3. The van der Waals surface area contributed by atoms with Crippen molar-refractivity contribution in [2.45, 2.75) is 65.0 Å². The van der Waals surface area contributed by atoms with Gasteiger partial charge in [0.05, 0.1) is 5.54 Å². The van der Waals surface area contributed by atoms with E-state index in [0.717, 1.165) is 5.69 Å². The van der Waals surface area contributed by atoms with Crippen LogP contribution in [-0.2, 0) is 5.54 Å². The molecule has 5 heteroatoms. The molecule has 1 amide bonds. The molecule has 1 aromatic heterocycles. The lowest BCUT2D eigenvalue weighted by Gasteiger charge is -2.22. The van der Waals surface area contributed by atoms with Crippen LogP contribution < -0.4 is 5.32 Å². The first-order valence-corrected chi connectivity index (χ1v) is 7.76. The maximum absolute atomic E-state index is 12.3. The topological polar surface area (TPSA) is 67.2 Å². The summed E-state index contributed by atoms with van der Waals surface area (Å²) in [7, 11) is 0. The van der Waals surface area contributed by atoms with Crippen molar-refractivity contribution in [3.8, 4) is 0 Å². The Kier molecular flexibility index (Phi) is 4.42. The van der Waals surface area contributed by atoms with Gasteiger partial charge in [-0.05, 0) is 52.5 Å². The lowest BCUT2D eigenvalue weighted by Crippen LogP contribution is -2.38. The molecule has 2 rings (SSSR count). The highest BCUT2D eigenvalue weighted by Crippen LogP contribution is 2.41. The number of amides is 1. The van der Waals surface area contributed by atoms with Gasteiger partial charge in [-0.2, -0.15) is 5.10 Å². The fraction of sp³-hybridized carbons (Fsp3) is 0.750. The van der Waals surface area contributed by atoms with E-state index in [-0.39, 0.29) is 30.0 Å². The Morgan fingerprint density at radius 2 is 2.10 bits per heavy atom. The summed E-state index contributed by atoms with van der Waals surface area (Å²) in [5.41, 5.74) is 1.51. The Balaban J connectivity index is 2.18. The smallest absolute Gasteiger partial charge is 0.272 e. The van der Waals surface area contributed by atoms with Crippen LogP contribution in [0.5, 0.6) is 0 Å². The van der Waals surface area contributed by atoms with Gasteiger partial charge in [0, 0.05) is 24.3 Å². The monoisotopic (exact) mass is 293 g/mol. The Labute approximate surface area is 126 Å². The van der Waals surface area contributed by atoms with E-state index in [1.54, 1.807) is 0 Å². The molecule has 2 N–H and O–H groups in total. The summed E-state index contributed by atoms with van der Waals surface area (Å²) in [5, 5.41) is 16.6. The van der Waals surface area contributed by atoms with Crippen molar-refractivity contribution in [2.24, 2.45) is 5.92 Å². The number of hydrogen-bond donors (Lipinski definition) is 2. The summed E-state index contributed by atoms with van der Waals surface area (Å²) in [4.78, 5) is 12.3. The third-order valence-electron chi connectivity index (χ3n) is 4.10. The number of aliphatic hydroxyl groups excluding tert-OH is 1. The largest absolute Gasteiger partial charge is 0.396 e. The van der Waals surface area contributed by atoms with E-state index in [2.05, 4.69) is 31.2 Å². The van der Waals surface area contributed by atoms with Gasteiger partial charge in [-0.3, -0.25) is 9.48 Å². The van der Waals surface area contributed by atoms with Crippen LogP contribution in [0.2, 0.25) is 0 Å². The van der Waals surface area contributed by atoms with E-state index in [0.29, 0.717) is 11.6 Å². The minimum Gasteiger partial charge on any atom is -0.396 e. The minimum atomic E-state index is -0.160. The number of hydrogen-bond acceptors (Lipinski definition) is 3. The summed E-state index contributed by atoms with van der Waals surface area (Å²) in [6, 6.07) is 1.85. The van der Waals surface area contributed by atoms with E-state index in [4.69, 9.17) is 5.11 Å². The molecule has 1 saturated carbocycles. The van der Waals surface area contributed by atoms with Crippen molar-refractivity contribution in [1.82, 2.24) is 15.1 Å². The number of nitrogens with one attached hydrogen (secondary N) is 1. The standard InChI is InChI=1S/C16H27N3O2/c1-10(9-20)11(2)17-15(21)13-8-14(12-6-7-12)19(18-13)16(3,4)5/h8,10-12,20H,6-7,9H2,1-5H3,(H,17,21)/t10-,11-/m1/s1. The first-order valence-electron chi connectivity index (χ1n) is 7.76. The molecule has 1 fully saturated rings. The van der Waals surface area contributed by atoms with E-state index in [1.165, 1.54) is 12.8 Å². The Bertz CT molecular complexity index is 512. The Morgan fingerprint density at radius 3 is 2.57 bits per heavy atom. The molecule has 0 aromatic carbocycles. The van der Waals surface area contributed by atoms with Crippen LogP contribution in [0.15, 0.2) is 6.07 Å². The normalized spacial score (nSPS) is 18.4. The predicted molar refractivity (Wildman–Crippen MR) is 82.4 cm³/mol. The van der Waals surface area contributed by atoms with Crippen LogP contribution in [0, 0.1) is 5.92 Å². The zero-order valence-corrected chi connectivity index (χ0v) is 13.7. The number of aliphatic hydroxyl groups is 1. The van der Waals surface area contributed by atoms with Gasteiger partial charge >= 0.3 is 0 Å². The summed E-state index contributed by atoms with van der Waals surface area (Å²) < 4.78 is 1.99. The van der Waals surface area contributed by atoms with Gasteiger partial charge in [0.2, 0.25) is 0 Å². The first kappa shape index (κ1) is 16.0. The van der Waals surface area contributed by atoms with Gasteiger partial charge in [0.15, 0.2) is 0 Å². The molecule has 0 unspecified atom stereocenters. The summed E-state index contributed by atoms with van der Waals surface area (Å²) in [6.45, 7) is 10.2. The highest BCUT2D eigenvalue weighted by Gasteiger charge is 2.32. The van der Waals surface area contributed by atoms with Gasteiger partial charge in [-0.1, -0.05) is 6.92 Å². The van der Waals surface area contributed by atoms with Gasteiger partial charge in [-0.15, -0.1) is 0 Å². The molecule has 0 bridgehead atoms. The number of rotatable bonds is 5. The number of aromatic nitrogens is 2. The molecule has 118 valence electrons. The van der Waals surface area contributed by atoms with Gasteiger partial charge in [0.1, 0.15) is 5.69 Å². The predicted octanol–water partition coefficient (Wildman–Crippen LogP) is 2.26. The van der Waals surface area contributed by atoms with Crippen molar-refractivity contribution in [1.29, 1.82) is 0 Å². The second-order valence-electron chi connectivity index (χ2n) is 7.23. The fourth-order valence-electron chi connectivity index (χ4n) is 2.29. The molecule has 1 aromatic rings. The van der Waals surface area contributed by atoms with Crippen molar-refractivity contribution >= 4 is 5.91 Å². The Hall–Kier alpha value is -1.36. The van der Waals surface area contributed by atoms with Crippen molar-refractivity contribution in [3.63, 3.8) is 0 Å². The summed E-state index contributed by atoms with van der Waals surface area (Å²) >= 11 is 0. The third kappa shape index (κ3) is 3.64. The average molecular weight is 293 g/mol. The van der Waals surface area contributed by atoms with Crippen LogP contribution in [-0.4, -0.2) is 33.4 Å². The van der Waals surface area contributed by atoms with Crippen LogP contribution >= 0.6 is 0 Å². The molecule has 0 aliphatic heterocycles. The molecule has 1 heterocycles. The molecule has 5 nitrogen and oxygen atoms in total. The van der Waals surface area contributed by atoms with Gasteiger partial charge < -0.3 is 10.4 Å². The maximum Gasteiger partial charge on any atom is 0.272 e. The molecule has 2 atom stereocenters. The van der Waals surface area contributed by atoms with E-state index < -0.39 is 0 Å². The summed E-state index contributed by atoms with van der Waals surface area (Å²) in [6.07, 6.45) is 2.36. The van der Waals surface area contributed by atoms with Gasteiger partial charge in [0.25, 0.3) is 5.91 Å². The molecule has 0 spiro atoms. The quantitative estimate of drug-likeness (QED) is 0.875. The van der Waals surface area contributed by atoms with Crippen molar-refractivity contribution in [3.05, 3.63) is 17.5 Å². The fourth-order valence-corrected chi connectivity index (χ4v) is 2.29. The molecule has 21 heavy (non-hydrogen) atoms.